The molecule has 0 fully saturated rings. The molecule has 93 heavy (non-hydrogen) atoms. The Bertz CT molecular complexity index is 1710. The Morgan fingerprint density at radius 1 is 0.344 bits per heavy atom. The monoisotopic (exact) mass is 1330 g/mol. The van der Waals surface area contributed by atoms with Gasteiger partial charge in [-0.15, -0.1) is 0 Å². The van der Waals surface area contributed by atoms with Crippen LogP contribution in [0.3, 0.4) is 0 Å². The summed E-state index contributed by atoms with van der Waals surface area (Å²) in [7, 11) is 1.50. The number of unbranched alkanes of at least 4 members (excludes halogenated alkanes) is 55. The summed E-state index contributed by atoms with van der Waals surface area (Å²) >= 11 is 0. The molecule has 548 valence electrons. The fourth-order valence-electron chi connectivity index (χ4n) is 12.4. The van der Waals surface area contributed by atoms with Gasteiger partial charge in [0.2, 0.25) is 0 Å². The summed E-state index contributed by atoms with van der Waals surface area (Å²) in [6, 6.07) is 0. The average Bonchev–Trinajstić information content (AvgIpc) is 2.27. The number of carbonyl (C=O) groups is 2. The predicted octanol–water partition coefficient (Wildman–Crippen LogP) is 27.1. The third kappa shape index (κ3) is 78.8. The molecule has 0 aromatic rings. The van der Waals surface area contributed by atoms with Gasteiger partial charge in [-0.3, -0.25) is 18.6 Å². The lowest BCUT2D eigenvalue weighted by Gasteiger charge is -2.24. The first-order valence-electron chi connectivity index (χ1n) is 40.9. The quantitative estimate of drug-likeness (QED) is 0.0211. The third-order valence-corrected chi connectivity index (χ3v) is 19.6. The number of esters is 2. The molecular formula is C83H159NO8P+. The second kappa shape index (κ2) is 74.2. The normalized spacial score (nSPS) is 13.2. The first-order chi connectivity index (χ1) is 45.5. The molecule has 0 heterocycles. The molecule has 0 rings (SSSR count). The van der Waals surface area contributed by atoms with E-state index < -0.39 is 26.5 Å². The van der Waals surface area contributed by atoms with Crippen molar-refractivity contribution >= 4 is 19.8 Å². The maximum atomic E-state index is 12.9. The molecule has 2 unspecified atom stereocenters. The average molecular weight is 1330 g/mol. The van der Waals surface area contributed by atoms with Gasteiger partial charge in [0.05, 0.1) is 27.7 Å². The Kier molecular flexibility index (Phi) is 72.6. The number of allylic oxidation sites excluding steroid dienone is 8. The molecule has 0 aromatic carbocycles. The van der Waals surface area contributed by atoms with Crippen LogP contribution in [0.15, 0.2) is 48.6 Å². The van der Waals surface area contributed by atoms with E-state index in [1.807, 2.05) is 21.1 Å². The van der Waals surface area contributed by atoms with Crippen molar-refractivity contribution in [2.75, 3.05) is 47.5 Å². The summed E-state index contributed by atoms with van der Waals surface area (Å²) in [6.45, 7) is 4.41. The van der Waals surface area contributed by atoms with Crippen molar-refractivity contribution in [1.82, 2.24) is 0 Å². The van der Waals surface area contributed by atoms with E-state index in [-0.39, 0.29) is 25.6 Å². The highest BCUT2D eigenvalue weighted by Gasteiger charge is 2.27. The van der Waals surface area contributed by atoms with Crippen LogP contribution in [0.25, 0.3) is 0 Å². The first kappa shape index (κ1) is 91.0. The molecule has 0 amide bonds. The van der Waals surface area contributed by atoms with Gasteiger partial charge in [-0.25, -0.2) is 4.57 Å². The minimum absolute atomic E-state index is 0.0354. The molecular weight excluding hydrogens is 1170 g/mol. The highest BCUT2D eigenvalue weighted by atomic mass is 31.2. The number of likely N-dealkylation sites (N-methyl/N-ethyl adjacent to an activating group) is 1. The molecule has 2 atom stereocenters. The van der Waals surface area contributed by atoms with Crippen LogP contribution in [0.2, 0.25) is 0 Å². The standard InChI is InChI=1S/C83H158NO8P/c1-6-8-10-12-14-16-18-20-22-24-26-28-30-32-34-36-38-40-41-42-43-44-46-48-50-52-54-56-58-60-62-64-66-68-70-72-74-76-83(86)92-81(80-91-93(87,88)90-78-77-84(3,4)5)79-89-82(85)75-73-71-69-67-65-63-61-59-57-55-53-51-49-47-45-39-37-35-33-31-29-27-25-23-21-19-17-15-13-11-9-7-2/h8,10,14,16,20,22,26,28,81H,6-7,9,11-13,15,17-19,21,23-25,27,29-80H2,1-5H3/p+1/b10-8-,16-14-,22-20-,28-26-. The van der Waals surface area contributed by atoms with Crippen molar-refractivity contribution in [2.24, 2.45) is 0 Å². The molecule has 0 aromatic heterocycles. The van der Waals surface area contributed by atoms with Crippen LogP contribution in [0.5, 0.6) is 0 Å². The van der Waals surface area contributed by atoms with Gasteiger partial charge in [-0.2, -0.15) is 0 Å². The number of nitrogens with zero attached hydrogens (tertiary/aromatic N) is 1. The van der Waals surface area contributed by atoms with E-state index in [1.165, 1.54) is 327 Å². The Hall–Kier alpha value is -2.03. The van der Waals surface area contributed by atoms with E-state index in [9.17, 15) is 19.0 Å². The van der Waals surface area contributed by atoms with Crippen molar-refractivity contribution in [1.29, 1.82) is 0 Å². The molecule has 0 aliphatic carbocycles. The lowest BCUT2D eigenvalue weighted by Crippen LogP contribution is -2.37. The number of hydrogen-bond acceptors (Lipinski definition) is 7. The zero-order valence-corrected chi connectivity index (χ0v) is 63.7. The van der Waals surface area contributed by atoms with E-state index in [0.717, 1.165) is 57.8 Å². The van der Waals surface area contributed by atoms with E-state index in [1.54, 1.807) is 0 Å². The molecule has 0 bridgehead atoms. The second-order valence-corrected chi connectivity index (χ2v) is 30.6. The van der Waals surface area contributed by atoms with Crippen molar-refractivity contribution in [3.05, 3.63) is 48.6 Å². The number of ether oxygens (including phenoxy) is 2. The minimum Gasteiger partial charge on any atom is -0.462 e. The first-order valence-corrected chi connectivity index (χ1v) is 42.4. The molecule has 9 nitrogen and oxygen atoms in total. The van der Waals surface area contributed by atoms with Crippen LogP contribution in [-0.2, 0) is 32.7 Å². The fourth-order valence-corrected chi connectivity index (χ4v) is 13.2. The van der Waals surface area contributed by atoms with Crippen LogP contribution >= 0.6 is 7.82 Å². The van der Waals surface area contributed by atoms with Crippen molar-refractivity contribution in [2.45, 2.75) is 424 Å². The fraction of sp³-hybridized carbons (Fsp3) is 0.880. The van der Waals surface area contributed by atoms with Gasteiger partial charge in [0.15, 0.2) is 6.10 Å². The molecule has 0 radical (unpaired) electrons. The summed E-state index contributed by atoms with van der Waals surface area (Å²) in [5, 5.41) is 0. The predicted molar refractivity (Wildman–Crippen MR) is 404 cm³/mol. The summed E-state index contributed by atoms with van der Waals surface area (Å²) < 4.78 is 34.9. The van der Waals surface area contributed by atoms with Gasteiger partial charge >= 0.3 is 19.8 Å². The number of phosphoric acid groups is 1. The van der Waals surface area contributed by atoms with Crippen LogP contribution in [0, 0.1) is 0 Å². The number of quaternary nitrogens is 1. The van der Waals surface area contributed by atoms with Crippen molar-refractivity contribution < 1.29 is 42.1 Å². The number of hydrogen-bond donors (Lipinski definition) is 1. The van der Waals surface area contributed by atoms with Gasteiger partial charge in [-0.05, 0) is 51.4 Å². The molecule has 0 aliphatic rings. The lowest BCUT2D eigenvalue weighted by atomic mass is 10.0. The third-order valence-electron chi connectivity index (χ3n) is 18.6. The smallest absolute Gasteiger partial charge is 0.462 e. The van der Waals surface area contributed by atoms with Gasteiger partial charge in [0.1, 0.15) is 19.8 Å². The Morgan fingerprint density at radius 2 is 0.613 bits per heavy atom. The van der Waals surface area contributed by atoms with E-state index in [0.29, 0.717) is 23.9 Å². The molecule has 0 spiro atoms. The zero-order chi connectivity index (χ0) is 67.6. The molecule has 0 aliphatic heterocycles. The number of rotatable bonds is 77. The summed E-state index contributed by atoms with van der Waals surface area (Å²) in [6.07, 6.45) is 98.5. The van der Waals surface area contributed by atoms with Crippen LogP contribution in [0.4, 0.5) is 0 Å². The van der Waals surface area contributed by atoms with Crippen LogP contribution in [-0.4, -0.2) is 74.9 Å². The van der Waals surface area contributed by atoms with Crippen molar-refractivity contribution in [3.63, 3.8) is 0 Å². The number of phosphoric ester groups is 1. The molecule has 0 saturated carbocycles. The van der Waals surface area contributed by atoms with Crippen LogP contribution < -0.4 is 0 Å². The summed E-state index contributed by atoms with van der Waals surface area (Å²) in [5.41, 5.74) is 0. The van der Waals surface area contributed by atoms with Crippen LogP contribution in [0.1, 0.15) is 418 Å². The maximum Gasteiger partial charge on any atom is 0.472 e. The van der Waals surface area contributed by atoms with E-state index in [4.69, 9.17) is 18.5 Å². The Balaban J connectivity index is 3.89. The largest absolute Gasteiger partial charge is 0.472 e. The second-order valence-electron chi connectivity index (χ2n) is 29.1. The highest BCUT2D eigenvalue weighted by Crippen LogP contribution is 2.43. The summed E-state index contributed by atoms with van der Waals surface area (Å²) in [5.74, 6) is -0.770. The topological polar surface area (TPSA) is 108 Å². The van der Waals surface area contributed by atoms with E-state index in [2.05, 4.69) is 62.5 Å². The van der Waals surface area contributed by atoms with E-state index >= 15 is 0 Å². The molecule has 1 N–H and O–H groups in total. The number of carbonyl (C=O) groups excluding carboxylic acids is 2. The summed E-state index contributed by atoms with van der Waals surface area (Å²) in [4.78, 5) is 36.0. The van der Waals surface area contributed by atoms with Gasteiger partial charge in [-0.1, -0.05) is 403 Å². The van der Waals surface area contributed by atoms with Gasteiger partial charge in [0, 0.05) is 12.8 Å². The Labute approximate surface area is 579 Å². The van der Waals surface area contributed by atoms with Gasteiger partial charge < -0.3 is 18.9 Å². The Morgan fingerprint density at radius 3 is 0.914 bits per heavy atom. The van der Waals surface area contributed by atoms with Crippen molar-refractivity contribution in [3.8, 4) is 0 Å². The van der Waals surface area contributed by atoms with Gasteiger partial charge in [0.25, 0.3) is 0 Å². The highest BCUT2D eigenvalue weighted by molar-refractivity contribution is 7.47. The maximum absolute atomic E-state index is 12.9. The SMILES string of the molecule is CC/C=C\C/C=C\C/C=C\C/C=C\CCCCCCCCCCCCCCCCCCCCCCCCCCC(=O)OC(COC(=O)CCCCCCCCCCCCCCCCCCCCCCCCCCCCCCCCCC)COP(=O)(O)OCC[N+](C)(C)C. The zero-order valence-electron chi connectivity index (χ0n) is 62.8. The molecule has 0 saturated heterocycles. The molecule has 10 heteroatoms. The minimum atomic E-state index is -4.39. The lowest BCUT2D eigenvalue weighted by molar-refractivity contribution is -0.870.